The molecule has 0 saturated heterocycles. The number of carbonyl (C=O) groups excluding carboxylic acids is 1. The molecule has 110 valence electrons. The lowest BCUT2D eigenvalue weighted by Crippen LogP contribution is -2.24. The van der Waals surface area contributed by atoms with Crippen molar-refractivity contribution in [3.05, 3.63) is 71.1 Å². The number of aliphatic imine (C=N–C) groups is 1. The second kappa shape index (κ2) is 5.81. The van der Waals surface area contributed by atoms with Crippen LogP contribution in [0.15, 0.2) is 53.7 Å². The van der Waals surface area contributed by atoms with Gasteiger partial charge in [-0.25, -0.2) is 0 Å². The van der Waals surface area contributed by atoms with Crippen LogP contribution in [0, 0.1) is 0 Å². The molecule has 5 heteroatoms. The van der Waals surface area contributed by atoms with Crippen LogP contribution in [-0.2, 0) is 6.42 Å². The van der Waals surface area contributed by atoms with Gasteiger partial charge in [-0.05, 0) is 48.2 Å². The molecule has 0 saturated carbocycles. The third-order valence-corrected chi connectivity index (χ3v) is 3.58. The van der Waals surface area contributed by atoms with E-state index in [1.807, 2.05) is 30.3 Å². The topological polar surface area (TPSA) is 94.4 Å². The quantitative estimate of drug-likeness (QED) is 0.652. The van der Waals surface area contributed by atoms with Crippen LogP contribution >= 0.6 is 0 Å². The lowest BCUT2D eigenvalue weighted by atomic mass is 9.87. The van der Waals surface area contributed by atoms with Crippen molar-refractivity contribution in [1.82, 2.24) is 4.98 Å². The van der Waals surface area contributed by atoms with Gasteiger partial charge in [0, 0.05) is 17.3 Å². The molecule has 1 aliphatic rings. The van der Waals surface area contributed by atoms with E-state index in [4.69, 9.17) is 11.5 Å². The van der Waals surface area contributed by atoms with E-state index in [0.717, 1.165) is 29.7 Å². The molecule has 0 fully saturated rings. The van der Waals surface area contributed by atoms with Crippen LogP contribution in [0.5, 0.6) is 0 Å². The molecule has 0 spiro atoms. The van der Waals surface area contributed by atoms with Crippen molar-refractivity contribution in [1.29, 1.82) is 0 Å². The van der Waals surface area contributed by atoms with Gasteiger partial charge in [-0.3, -0.25) is 9.78 Å². The molecular weight excluding hydrogens is 276 g/mol. The van der Waals surface area contributed by atoms with Gasteiger partial charge < -0.3 is 11.5 Å². The summed E-state index contributed by atoms with van der Waals surface area (Å²) in [6, 6.07) is 11.4. The number of allylic oxidation sites excluding steroid dienone is 1. The standard InChI is InChI=1S/C17H16N4O/c18-17(19)21-16(22)12-8-7-11-4-3-5-13(14(11)10-12)15-6-1-2-9-20-15/h1-2,5-10H,3-4H2,(H4,18,19,21,22). The van der Waals surface area contributed by atoms with Crippen molar-refractivity contribution < 1.29 is 4.79 Å². The Morgan fingerprint density at radius 3 is 2.77 bits per heavy atom. The maximum Gasteiger partial charge on any atom is 0.280 e. The average Bonchev–Trinajstić information content (AvgIpc) is 2.54. The van der Waals surface area contributed by atoms with E-state index in [9.17, 15) is 4.79 Å². The molecule has 0 aliphatic heterocycles. The Bertz CT molecular complexity index is 775. The zero-order valence-electron chi connectivity index (χ0n) is 12.0. The molecule has 1 aliphatic carbocycles. The van der Waals surface area contributed by atoms with Crippen molar-refractivity contribution in [2.45, 2.75) is 12.8 Å². The molecule has 5 nitrogen and oxygen atoms in total. The fourth-order valence-electron chi connectivity index (χ4n) is 2.61. The Labute approximate surface area is 128 Å². The Balaban J connectivity index is 2.06. The van der Waals surface area contributed by atoms with Crippen LogP contribution in [0.25, 0.3) is 5.57 Å². The van der Waals surface area contributed by atoms with E-state index in [-0.39, 0.29) is 5.96 Å². The number of fused-ring (bicyclic) bond motifs is 1. The summed E-state index contributed by atoms with van der Waals surface area (Å²) in [5, 5.41) is 0. The van der Waals surface area contributed by atoms with Gasteiger partial charge in [0.05, 0.1) is 5.69 Å². The summed E-state index contributed by atoms with van der Waals surface area (Å²) in [6.45, 7) is 0. The van der Waals surface area contributed by atoms with Crippen molar-refractivity contribution in [2.75, 3.05) is 0 Å². The van der Waals surface area contributed by atoms with Gasteiger partial charge in [0.15, 0.2) is 5.96 Å². The summed E-state index contributed by atoms with van der Waals surface area (Å²) in [4.78, 5) is 20.0. The van der Waals surface area contributed by atoms with Gasteiger partial charge in [-0.1, -0.05) is 18.2 Å². The van der Waals surface area contributed by atoms with E-state index >= 15 is 0 Å². The number of hydrogen-bond acceptors (Lipinski definition) is 2. The van der Waals surface area contributed by atoms with Crippen molar-refractivity contribution in [3.8, 4) is 0 Å². The summed E-state index contributed by atoms with van der Waals surface area (Å²) < 4.78 is 0. The fourth-order valence-corrected chi connectivity index (χ4v) is 2.61. The highest BCUT2D eigenvalue weighted by Crippen LogP contribution is 2.31. The summed E-state index contributed by atoms with van der Waals surface area (Å²) >= 11 is 0. The molecule has 2 aromatic rings. The number of aryl methyl sites for hydroxylation is 1. The number of benzene rings is 1. The van der Waals surface area contributed by atoms with E-state index in [0.29, 0.717) is 5.56 Å². The third kappa shape index (κ3) is 2.74. The highest BCUT2D eigenvalue weighted by atomic mass is 16.1. The van der Waals surface area contributed by atoms with Crippen molar-refractivity contribution in [3.63, 3.8) is 0 Å². The number of aromatic nitrogens is 1. The van der Waals surface area contributed by atoms with Crippen molar-refractivity contribution >= 4 is 17.4 Å². The molecule has 0 bridgehead atoms. The molecular formula is C17H16N4O. The van der Waals surface area contributed by atoms with Crippen LogP contribution in [-0.4, -0.2) is 16.9 Å². The summed E-state index contributed by atoms with van der Waals surface area (Å²) in [5.41, 5.74) is 15.2. The molecule has 4 N–H and O–H groups in total. The second-order valence-electron chi connectivity index (χ2n) is 5.09. The maximum atomic E-state index is 12.0. The minimum Gasteiger partial charge on any atom is -0.370 e. The first-order valence-electron chi connectivity index (χ1n) is 7.04. The van der Waals surface area contributed by atoms with Crippen LogP contribution in [0.1, 0.15) is 33.6 Å². The Morgan fingerprint density at radius 1 is 1.18 bits per heavy atom. The largest absolute Gasteiger partial charge is 0.370 e. The average molecular weight is 292 g/mol. The first-order chi connectivity index (χ1) is 10.6. The number of carbonyl (C=O) groups is 1. The predicted octanol–water partition coefficient (Wildman–Crippen LogP) is 1.87. The van der Waals surface area contributed by atoms with E-state index in [2.05, 4.69) is 16.1 Å². The minimum atomic E-state index is -0.436. The predicted molar refractivity (Wildman–Crippen MR) is 86.2 cm³/mol. The zero-order chi connectivity index (χ0) is 15.5. The minimum absolute atomic E-state index is 0.233. The monoisotopic (exact) mass is 292 g/mol. The molecule has 1 aromatic carbocycles. The number of amides is 1. The third-order valence-electron chi connectivity index (χ3n) is 3.58. The summed E-state index contributed by atoms with van der Waals surface area (Å²) in [5.74, 6) is -0.669. The normalized spacial score (nSPS) is 13.0. The van der Waals surface area contributed by atoms with E-state index in [1.165, 1.54) is 5.56 Å². The summed E-state index contributed by atoms with van der Waals surface area (Å²) in [6.07, 6.45) is 5.82. The Morgan fingerprint density at radius 2 is 2.05 bits per heavy atom. The van der Waals surface area contributed by atoms with E-state index in [1.54, 1.807) is 12.3 Å². The number of nitrogens with two attached hydrogens (primary N) is 2. The van der Waals surface area contributed by atoms with Gasteiger partial charge in [0.25, 0.3) is 5.91 Å². The van der Waals surface area contributed by atoms with Crippen LogP contribution in [0.3, 0.4) is 0 Å². The number of nitrogens with zero attached hydrogens (tertiary/aromatic N) is 2. The second-order valence-corrected chi connectivity index (χ2v) is 5.09. The van der Waals surface area contributed by atoms with Gasteiger partial charge in [-0.15, -0.1) is 0 Å². The molecule has 22 heavy (non-hydrogen) atoms. The first kappa shape index (κ1) is 14.0. The maximum absolute atomic E-state index is 12.0. The molecule has 1 amide bonds. The Hall–Kier alpha value is -2.95. The van der Waals surface area contributed by atoms with Gasteiger partial charge in [0.2, 0.25) is 0 Å². The van der Waals surface area contributed by atoms with Gasteiger partial charge in [-0.2, -0.15) is 4.99 Å². The number of rotatable bonds is 2. The number of guanidine groups is 1. The van der Waals surface area contributed by atoms with Crippen molar-refractivity contribution in [2.24, 2.45) is 16.5 Å². The van der Waals surface area contributed by atoms with Crippen LogP contribution in [0.4, 0.5) is 0 Å². The smallest absolute Gasteiger partial charge is 0.280 e. The number of pyridine rings is 1. The lowest BCUT2D eigenvalue weighted by molar-refractivity contribution is 0.100. The lowest BCUT2D eigenvalue weighted by Gasteiger charge is -2.18. The highest BCUT2D eigenvalue weighted by Gasteiger charge is 2.17. The summed E-state index contributed by atoms with van der Waals surface area (Å²) in [7, 11) is 0. The SMILES string of the molecule is NC(N)=NC(=O)c1ccc2c(c1)C(c1ccccn1)=CCC2. The molecule has 0 unspecified atom stereocenters. The zero-order valence-corrected chi connectivity index (χ0v) is 12.0. The first-order valence-corrected chi connectivity index (χ1v) is 7.04. The Kier molecular flexibility index (Phi) is 3.70. The number of hydrogen-bond donors (Lipinski definition) is 2. The molecule has 0 radical (unpaired) electrons. The van der Waals surface area contributed by atoms with Gasteiger partial charge >= 0.3 is 0 Å². The van der Waals surface area contributed by atoms with Crippen LogP contribution in [0.2, 0.25) is 0 Å². The van der Waals surface area contributed by atoms with E-state index < -0.39 is 5.91 Å². The molecule has 3 rings (SSSR count). The van der Waals surface area contributed by atoms with Gasteiger partial charge in [0.1, 0.15) is 0 Å². The molecule has 0 atom stereocenters. The molecule has 1 heterocycles. The highest BCUT2D eigenvalue weighted by molar-refractivity contribution is 6.02. The van der Waals surface area contributed by atoms with Crippen LogP contribution < -0.4 is 11.5 Å². The molecule has 1 aromatic heterocycles. The fraction of sp³-hybridized carbons (Fsp3) is 0.118.